The number of nitrogens with zero attached hydrogens (tertiary/aromatic N) is 5. The number of hydrogen-bond donors (Lipinski definition) is 2. The Balaban J connectivity index is 1.28. The van der Waals surface area contributed by atoms with Gasteiger partial charge in [-0.3, -0.25) is 14.3 Å². The summed E-state index contributed by atoms with van der Waals surface area (Å²) in [5, 5.41) is 11.7. The first-order valence-corrected chi connectivity index (χ1v) is 15.4. The summed E-state index contributed by atoms with van der Waals surface area (Å²) < 4.78 is 32.4. The third-order valence-electron chi connectivity index (χ3n) is 8.82. The maximum absolute atomic E-state index is 12.8. The third-order valence-corrected chi connectivity index (χ3v) is 8.82. The molecule has 0 radical (unpaired) electrons. The van der Waals surface area contributed by atoms with Crippen molar-refractivity contribution in [1.82, 2.24) is 24.4 Å². The molecule has 2 saturated heterocycles. The zero-order valence-corrected chi connectivity index (χ0v) is 26.9. The maximum atomic E-state index is 12.8. The number of aliphatic hydroxyl groups excluding tert-OH is 1. The number of benzene rings is 3. The van der Waals surface area contributed by atoms with Gasteiger partial charge in [-0.1, -0.05) is 54.6 Å². The van der Waals surface area contributed by atoms with Crippen molar-refractivity contribution in [2.24, 2.45) is 4.99 Å². The smallest absolute Gasteiger partial charge is 0.280 e. The van der Waals surface area contributed by atoms with Crippen LogP contribution in [0, 0.1) is 0 Å². The van der Waals surface area contributed by atoms with Gasteiger partial charge in [0, 0.05) is 14.1 Å². The van der Waals surface area contributed by atoms with Crippen molar-refractivity contribution in [3.05, 3.63) is 112 Å². The summed E-state index contributed by atoms with van der Waals surface area (Å²) in [6, 6.07) is 25.3. The molecule has 48 heavy (non-hydrogen) atoms. The van der Waals surface area contributed by atoms with E-state index in [-0.39, 0.29) is 30.3 Å². The fourth-order valence-electron chi connectivity index (χ4n) is 6.38. The van der Waals surface area contributed by atoms with E-state index in [0.29, 0.717) is 11.5 Å². The van der Waals surface area contributed by atoms with Crippen LogP contribution in [0.25, 0.3) is 11.2 Å². The average Bonchev–Trinajstić information content (AvgIpc) is 3.77. The molecule has 0 unspecified atom stereocenters. The molecular formula is C35H36N6O7. The van der Waals surface area contributed by atoms with Crippen molar-refractivity contribution in [1.29, 1.82) is 0 Å². The van der Waals surface area contributed by atoms with Crippen molar-refractivity contribution in [2.45, 2.75) is 29.6 Å². The lowest BCUT2D eigenvalue weighted by Gasteiger charge is -2.39. The Kier molecular flexibility index (Phi) is 8.21. The largest absolute Gasteiger partial charge is 0.497 e. The van der Waals surface area contributed by atoms with Crippen molar-refractivity contribution < 1.29 is 28.8 Å². The van der Waals surface area contributed by atoms with Gasteiger partial charge in [-0.15, -0.1) is 0 Å². The lowest BCUT2D eigenvalue weighted by Crippen LogP contribution is -2.48. The van der Waals surface area contributed by atoms with Crippen LogP contribution in [0.3, 0.4) is 0 Å². The number of H-pyrrole nitrogens is 1. The monoisotopic (exact) mass is 652 g/mol. The Morgan fingerprint density at radius 3 is 2.25 bits per heavy atom. The first-order valence-electron chi connectivity index (χ1n) is 15.4. The molecule has 2 aliphatic rings. The van der Waals surface area contributed by atoms with Crippen LogP contribution in [0.5, 0.6) is 11.5 Å². The summed E-state index contributed by atoms with van der Waals surface area (Å²) in [5.74, 6) is 1.51. The molecule has 0 saturated carbocycles. The molecule has 4 heterocycles. The van der Waals surface area contributed by atoms with E-state index in [1.165, 1.54) is 12.7 Å². The number of fused-ring (bicyclic) bond motifs is 3. The molecule has 0 amide bonds. The van der Waals surface area contributed by atoms with E-state index in [9.17, 15) is 9.90 Å². The van der Waals surface area contributed by atoms with E-state index in [2.05, 4.69) is 19.9 Å². The SMILES string of the molecule is COc1ccc(C(OC[C@@]23CO[C@@H]([C@H](n4cnc5c(=O)[nH]c(/N=C/N(C)C)nc54)O2)[C@@H]3O)(c2ccccc2)c2ccc(OC)cc2)cc1. The molecule has 4 atom stereocenters. The predicted molar refractivity (Wildman–Crippen MR) is 177 cm³/mol. The summed E-state index contributed by atoms with van der Waals surface area (Å²) in [7, 11) is 6.86. The van der Waals surface area contributed by atoms with Crippen LogP contribution in [0.2, 0.25) is 0 Å². The molecule has 2 aromatic heterocycles. The van der Waals surface area contributed by atoms with Gasteiger partial charge in [-0.05, 0) is 41.0 Å². The number of nitrogens with one attached hydrogen (secondary N) is 1. The minimum atomic E-state index is -1.25. The summed E-state index contributed by atoms with van der Waals surface area (Å²) in [6.45, 7) is 0.0393. The maximum Gasteiger partial charge on any atom is 0.280 e. The Morgan fingerprint density at radius 2 is 1.65 bits per heavy atom. The second-order valence-electron chi connectivity index (χ2n) is 12.0. The summed E-state index contributed by atoms with van der Waals surface area (Å²) in [6.07, 6.45) is 0.325. The van der Waals surface area contributed by atoms with Gasteiger partial charge in [0.1, 0.15) is 34.9 Å². The number of aliphatic imine (C=N–C) groups is 1. The molecule has 3 aromatic carbocycles. The van der Waals surface area contributed by atoms with E-state index in [4.69, 9.17) is 23.7 Å². The predicted octanol–water partition coefficient (Wildman–Crippen LogP) is 3.39. The summed E-state index contributed by atoms with van der Waals surface area (Å²) in [5.41, 5.74) is 0.0823. The topological polar surface area (TPSA) is 146 Å². The third kappa shape index (κ3) is 5.30. The fraction of sp³-hybridized carbons (Fsp3) is 0.314. The Bertz CT molecular complexity index is 1930. The number of methoxy groups -OCH3 is 2. The summed E-state index contributed by atoms with van der Waals surface area (Å²) >= 11 is 0. The van der Waals surface area contributed by atoms with Crippen LogP contribution in [0.15, 0.2) is 95.0 Å². The molecule has 7 rings (SSSR count). The second-order valence-corrected chi connectivity index (χ2v) is 12.0. The van der Waals surface area contributed by atoms with Crippen LogP contribution in [-0.2, 0) is 19.8 Å². The number of aromatic amines is 1. The van der Waals surface area contributed by atoms with Gasteiger partial charge in [0.05, 0.1) is 40.1 Å². The molecule has 2 aliphatic heterocycles. The van der Waals surface area contributed by atoms with Gasteiger partial charge < -0.3 is 33.7 Å². The number of aliphatic hydroxyl groups is 1. The van der Waals surface area contributed by atoms with Crippen molar-refractivity contribution in [2.75, 3.05) is 41.5 Å². The number of hydrogen-bond acceptors (Lipinski definition) is 10. The second kappa shape index (κ2) is 12.5. The highest BCUT2D eigenvalue weighted by atomic mass is 16.7. The lowest BCUT2D eigenvalue weighted by atomic mass is 9.79. The first-order chi connectivity index (χ1) is 23.3. The Morgan fingerprint density at radius 1 is 1.02 bits per heavy atom. The minimum Gasteiger partial charge on any atom is -0.497 e. The Hall–Kier alpha value is -5.08. The Labute approximate surface area is 276 Å². The van der Waals surface area contributed by atoms with Crippen LogP contribution < -0.4 is 15.0 Å². The highest BCUT2D eigenvalue weighted by molar-refractivity contribution is 5.71. The minimum absolute atomic E-state index is 0.0485. The van der Waals surface area contributed by atoms with Crippen molar-refractivity contribution in [3.63, 3.8) is 0 Å². The van der Waals surface area contributed by atoms with Gasteiger partial charge in [0.2, 0.25) is 5.95 Å². The number of ether oxygens (including phenoxy) is 5. The lowest BCUT2D eigenvalue weighted by molar-refractivity contribution is -0.202. The van der Waals surface area contributed by atoms with Crippen LogP contribution >= 0.6 is 0 Å². The number of rotatable bonds is 11. The molecule has 13 heteroatoms. The molecule has 5 aromatic rings. The first kappa shape index (κ1) is 31.5. The number of imidazole rings is 1. The quantitative estimate of drug-likeness (QED) is 0.124. The van der Waals surface area contributed by atoms with E-state index < -0.39 is 35.2 Å². The van der Waals surface area contributed by atoms with Gasteiger partial charge in [0.15, 0.2) is 17.4 Å². The standard InChI is InChI=1S/C35H36N6O7/c1-40(2)20-37-33-38-30-27(31(43)39-33)36-21-41(30)32-28-29(42)34(48-32,18-46-28)19-47-35(22-8-6-5-7-9-22,23-10-14-25(44-3)15-11-23)24-12-16-26(45-4)17-13-24/h5-17,20-21,28-29,32,42H,18-19H2,1-4H3,(H,38,39,43)/b37-20+/t28-,29+,32-,34-/m1/s1. The summed E-state index contributed by atoms with van der Waals surface area (Å²) in [4.78, 5) is 30.3. The highest BCUT2D eigenvalue weighted by Crippen LogP contribution is 2.48. The molecule has 2 bridgehead atoms. The van der Waals surface area contributed by atoms with E-state index in [1.54, 1.807) is 23.7 Å². The zero-order chi connectivity index (χ0) is 33.5. The fourth-order valence-corrected chi connectivity index (χ4v) is 6.38. The van der Waals surface area contributed by atoms with Gasteiger partial charge in [0.25, 0.3) is 5.56 Å². The molecule has 248 valence electrons. The van der Waals surface area contributed by atoms with Gasteiger partial charge in [-0.25, -0.2) is 9.98 Å². The molecule has 0 aliphatic carbocycles. The van der Waals surface area contributed by atoms with E-state index >= 15 is 0 Å². The van der Waals surface area contributed by atoms with Crippen LogP contribution in [0.1, 0.15) is 22.9 Å². The van der Waals surface area contributed by atoms with Crippen LogP contribution in [-0.4, -0.2) is 95.2 Å². The molecule has 0 spiro atoms. The van der Waals surface area contributed by atoms with Crippen LogP contribution in [0.4, 0.5) is 5.95 Å². The van der Waals surface area contributed by atoms with Gasteiger partial charge >= 0.3 is 0 Å². The van der Waals surface area contributed by atoms with Gasteiger partial charge in [-0.2, -0.15) is 4.98 Å². The molecule has 2 fully saturated rings. The normalized spacial score (nSPS) is 22.1. The average molecular weight is 653 g/mol. The van der Waals surface area contributed by atoms with Crippen molar-refractivity contribution in [3.8, 4) is 11.5 Å². The van der Waals surface area contributed by atoms with E-state index in [0.717, 1.165) is 16.7 Å². The number of aromatic nitrogens is 4. The van der Waals surface area contributed by atoms with Crippen molar-refractivity contribution >= 4 is 23.5 Å². The molecular weight excluding hydrogens is 616 g/mol. The molecule has 13 nitrogen and oxygen atoms in total. The zero-order valence-electron chi connectivity index (χ0n) is 26.9. The molecule has 2 N–H and O–H groups in total. The highest BCUT2D eigenvalue weighted by Gasteiger charge is 2.63. The van der Waals surface area contributed by atoms with E-state index in [1.807, 2.05) is 93.0 Å².